The Bertz CT molecular complexity index is 754. The van der Waals surface area contributed by atoms with Crippen LogP contribution in [0.1, 0.15) is 57.4 Å². The van der Waals surface area contributed by atoms with Crippen LogP contribution < -0.4 is 10.6 Å². The molecule has 2 N–H and O–H groups in total. The van der Waals surface area contributed by atoms with E-state index in [1.165, 1.54) is 18.2 Å². The molecule has 0 bridgehead atoms. The molecule has 0 spiro atoms. The summed E-state index contributed by atoms with van der Waals surface area (Å²) in [6.45, 7) is 5.19. The van der Waals surface area contributed by atoms with Crippen LogP contribution >= 0.6 is 11.8 Å². The molecule has 1 aromatic carbocycles. The number of piperidine rings is 1. The van der Waals surface area contributed by atoms with Crippen LogP contribution in [0.4, 0.5) is 5.69 Å². The molecule has 1 aliphatic heterocycles. The number of thioether (sulfide) groups is 1. The lowest BCUT2D eigenvalue weighted by atomic mass is 9.88. The summed E-state index contributed by atoms with van der Waals surface area (Å²) in [5.74, 6) is 0.598. The Labute approximate surface area is 189 Å². The fourth-order valence-corrected chi connectivity index (χ4v) is 5.06. The third-order valence-corrected chi connectivity index (χ3v) is 7.41. The van der Waals surface area contributed by atoms with Gasteiger partial charge in [0.1, 0.15) is 0 Å². The molecule has 31 heavy (non-hydrogen) atoms. The molecule has 2 aliphatic rings. The van der Waals surface area contributed by atoms with E-state index >= 15 is 0 Å². The van der Waals surface area contributed by atoms with Crippen molar-refractivity contribution in [1.29, 1.82) is 0 Å². The third-order valence-electron chi connectivity index (χ3n) is 6.28. The van der Waals surface area contributed by atoms with Gasteiger partial charge in [0.05, 0.1) is 11.0 Å². The maximum atomic E-state index is 12.8. The number of amides is 3. The van der Waals surface area contributed by atoms with Crippen molar-refractivity contribution in [2.24, 2.45) is 5.92 Å². The van der Waals surface area contributed by atoms with Crippen LogP contribution in [0.5, 0.6) is 0 Å². The van der Waals surface area contributed by atoms with Crippen molar-refractivity contribution >= 4 is 35.2 Å². The van der Waals surface area contributed by atoms with Gasteiger partial charge in [-0.2, -0.15) is 0 Å². The van der Waals surface area contributed by atoms with Gasteiger partial charge in [0, 0.05) is 30.7 Å². The average molecular weight is 446 g/mol. The molecule has 170 valence electrons. The maximum absolute atomic E-state index is 12.8. The predicted octanol–water partition coefficient (Wildman–Crippen LogP) is 3.74. The van der Waals surface area contributed by atoms with Crippen LogP contribution in [0, 0.1) is 12.8 Å². The van der Waals surface area contributed by atoms with Gasteiger partial charge in [0.25, 0.3) is 0 Å². The molecule has 1 saturated heterocycles. The molecule has 1 heterocycles. The van der Waals surface area contributed by atoms with E-state index in [2.05, 4.69) is 10.6 Å². The first kappa shape index (κ1) is 23.6. The Morgan fingerprint density at radius 1 is 1.03 bits per heavy atom. The number of likely N-dealkylation sites (tertiary alicyclic amines) is 1. The first-order valence-corrected chi connectivity index (χ1v) is 12.5. The van der Waals surface area contributed by atoms with Gasteiger partial charge < -0.3 is 15.5 Å². The summed E-state index contributed by atoms with van der Waals surface area (Å²) >= 11 is 1.37. The van der Waals surface area contributed by atoms with Crippen molar-refractivity contribution in [2.45, 2.75) is 70.1 Å². The number of hydrogen-bond donors (Lipinski definition) is 2. The summed E-state index contributed by atoms with van der Waals surface area (Å²) in [6.07, 6.45) is 7.18. The number of nitrogens with zero attached hydrogens (tertiary/aromatic N) is 1. The zero-order valence-corrected chi connectivity index (χ0v) is 19.5. The van der Waals surface area contributed by atoms with Gasteiger partial charge >= 0.3 is 0 Å². The van der Waals surface area contributed by atoms with E-state index < -0.39 is 0 Å². The molecule has 0 aromatic heterocycles. The molecule has 2 fully saturated rings. The maximum Gasteiger partial charge on any atom is 0.235 e. The number of aryl methyl sites for hydroxylation is 1. The minimum absolute atomic E-state index is 0.0743. The van der Waals surface area contributed by atoms with Crippen molar-refractivity contribution < 1.29 is 14.4 Å². The van der Waals surface area contributed by atoms with E-state index in [1.54, 1.807) is 0 Å². The lowest BCUT2D eigenvalue weighted by molar-refractivity contribution is -0.131. The summed E-state index contributed by atoms with van der Waals surface area (Å²) in [5.41, 5.74) is 1.91. The summed E-state index contributed by atoms with van der Waals surface area (Å²) in [6, 6.07) is 7.83. The smallest absolute Gasteiger partial charge is 0.235 e. The topological polar surface area (TPSA) is 78.5 Å². The second-order valence-electron chi connectivity index (χ2n) is 8.81. The molecule has 1 aliphatic carbocycles. The molecule has 7 heteroatoms. The van der Waals surface area contributed by atoms with Crippen LogP contribution in [-0.4, -0.2) is 52.8 Å². The van der Waals surface area contributed by atoms with Gasteiger partial charge in [-0.1, -0.05) is 37.0 Å². The summed E-state index contributed by atoms with van der Waals surface area (Å²) < 4.78 is 0. The fraction of sp³-hybridized carbons (Fsp3) is 0.625. The Hall–Kier alpha value is -2.02. The predicted molar refractivity (Wildman–Crippen MR) is 126 cm³/mol. The number of carbonyl (C=O) groups excluding carboxylic acids is 3. The minimum Gasteiger partial charge on any atom is -0.353 e. The highest BCUT2D eigenvalue weighted by Crippen LogP contribution is 2.24. The Kier molecular flexibility index (Phi) is 8.81. The number of benzene rings is 1. The van der Waals surface area contributed by atoms with Crippen molar-refractivity contribution in [3.63, 3.8) is 0 Å². The molecule has 3 amide bonds. The summed E-state index contributed by atoms with van der Waals surface area (Å²) in [7, 11) is 0. The first-order valence-electron chi connectivity index (χ1n) is 11.5. The van der Waals surface area contributed by atoms with E-state index in [1.807, 2.05) is 43.0 Å². The van der Waals surface area contributed by atoms with Gasteiger partial charge in [0.2, 0.25) is 17.7 Å². The lowest BCUT2D eigenvalue weighted by Gasteiger charge is -2.34. The van der Waals surface area contributed by atoms with Gasteiger partial charge in [-0.05, 0) is 51.7 Å². The minimum atomic E-state index is -0.267. The highest BCUT2D eigenvalue weighted by atomic mass is 32.2. The lowest BCUT2D eigenvalue weighted by Crippen LogP contribution is -2.49. The average Bonchev–Trinajstić information content (AvgIpc) is 2.79. The second kappa shape index (κ2) is 11.6. The third kappa shape index (κ3) is 7.27. The van der Waals surface area contributed by atoms with E-state index in [9.17, 15) is 14.4 Å². The van der Waals surface area contributed by atoms with Gasteiger partial charge in [0.15, 0.2) is 0 Å². The van der Waals surface area contributed by atoms with Crippen LogP contribution in [0.15, 0.2) is 24.3 Å². The first-order chi connectivity index (χ1) is 14.9. The van der Waals surface area contributed by atoms with Gasteiger partial charge in [-0.25, -0.2) is 0 Å². The summed E-state index contributed by atoms with van der Waals surface area (Å²) in [5, 5.41) is 5.81. The van der Waals surface area contributed by atoms with Gasteiger partial charge in [-0.3, -0.25) is 14.4 Å². The summed E-state index contributed by atoms with van der Waals surface area (Å²) in [4.78, 5) is 39.3. The monoisotopic (exact) mass is 445 g/mol. The zero-order chi connectivity index (χ0) is 22.2. The molecule has 1 aromatic rings. The zero-order valence-electron chi connectivity index (χ0n) is 18.7. The normalized spacial score (nSPS) is 19.0. The number of nitrogens with one attached hydrogen (secondary N) is 2. The van der Waals surface area contributed by atoms with E-state index in [0.717, 1.165) is 49.8 Å². The largest absolute Gasteiger partial charge is 0.353 e. The molecule has 6 nitrogen and oxygen atoms in total. The number of rotatable bonds is 7. The van der Waals surface area contributed by atoms with Crippen LogP contribution in [0.25, 0.3) is 0 Å². The van der Waals surface area contributed by atoms with Crippen LogP contribution in [-0.2, 0) is 14.4 Å². The van der Waals surface area contributed by atoms with Crippen molar-refractivity contribution in [1.82, 2.24) is 10.2 Å². The number of carbonyl (C=O) groups is 3. The molecule has 1 atom stereocenters. The highest BCUT2D eigenvalue weighted by Gasteiger charge is 2.29. The fourth-order valence-electron chi connectivity index (χ4n) is 4.29. The van der Waals surface area contributed by atoms with E-state index in [4.69, 9.17) is 0 Å². The van der Waals surface area contributed by atoms with Crippen LogP contribution in [0.2, 0.25) is 0 Å². The highest BCUT2D eigenvalue weighted by molar-refractivity contribution is 8.01. The number of anilines is 1. The van der Waals surface area contributed by atoms with Crippen molar-refractivity contribution in [3.8, 4) is 0 Å². The van der Waals surface area contributed by atoms with Gasteiger partial charge in [-0.15, -0.1) is 11.8 Å². The van der Waals surface area contributed by atoms with E-state index in [0.29, 0.717) is 13.1 Å². The Balaban J connectivity index is 1.35. The molecular formula is C24H35N3O3S. The van der Waals surface area contributed by atoms with E-state index in [-0.39, 0.29) is 40.7 Å². The molecular weight excluding hydrogens is 410 g/mol. The molecule has 1 unspecified atom stereocenters. The standard InChI is InChI=1S/C24H35N3O3S/c1-17-8-10-20(11-9-17)25-22(28)16-31-18(2)24(30)27-14-12-21(13-15-27)26-23(29)19-6-4-3-5-7-19/h8-11,18-19,21H,3-7,12-16H2,1-2H3,(H,25,28)(H,26,29). The SMILES string of the molecule is Cc1ccc(NC(=O)CSC(C)C(=O)N2CCC(NC(=O)C3CCCCC3)CC2)cc1. The molecule has 1 saturated carbocycles. The number of hydrogen-bond acceptors (Lipinski definition) is 4. The molecule has 0 radical (unpaired) electrons. The Morgan fingerprint density at radius 3 is 2.32 bits per heavy atom. The van der Waals surface area contributed by atoms with Crippen LogP contribution in [0.3, 0.4) is 0 Å². The quantitative estimate of drug-likeness (QED) is 0.670. The molecule has 3 rings (SSSR count). The Morgan fingerprint density at radius 2 is 1.68 bits per heavy atom. The van der Waals surface area contributed by atoms with Crippen molar-refractivity contribution in [3.05, 3.63) is 29.8 Å². The second-order valence-corrected chi connectivity index (χ2v) is 10.1. The van der Waals surface area contributed by atoms with Crippen molar-refractivity contribution in [2.75, 3.05) is 24.2 Å².